The second-order valence-electron chi connectivity index (χ2n) is 6.41. The molecule has 0 aliphatic carbocycles. The molecule has 0 heterocycles. The van der Waals surface area contributed by atoms with Crippen molar-refractivity contribution in [2.75, 3.05) is 13.1 Å². The van der Waals surface area contributed by atoms with Gasteiger partial charge in [-0.15, -0.1) is 0 Å². The molecule has 0 unspecified atom stereocenters. The molecule has 0 spiro atoms. The molecule has 0 aliphatic heterocycles. The number of carbonyl (C=O) groups excluding carboxylic acids is 1. The van der Waals surface area contributed by atoms with Crippen molar-refractivity contribution < 1.29 is 22.4 Å². The van der Waals surface area contributed by atoms with Gasteiger partial charge in [-0.05, 0) is 49.2 Å². The van der Waals surface area contributed by atoms with Crippen LogP contribution in [0.3, 0.4) is 0 Å². The van der Waals surface area contributed by atoms with Gasteiger partial charge >= 0.3 is 6.18 Å². The van der Waals surface area contributed by atoms with E-state index in [0.29, 0.717) is 30.7 Å². The SMILES string of the molecule is CCNC(=O)c1cccc(CN=C(NCC)NCc2ccc(F)cc2C(F)(F)F)c1. The molecule has 0 atom stereocenters. The van der Waals surface area contributed by atoms with Gasteiger partial charge in [-0.1, -0.05) is 18.2 Å². The van der Waals surface area contributed by atoms with Crippen LogP contribution in [0.2, 0.25) is 0 Å². The van der Waals surface area contributed by atoms with E-state index in [2.05, 4.69) is 20.9 Å². The predicted molar refractivity (Wildman–Crippen MR) is 108 cm³/mol. The number of alkyl halides is 3. The molecule has 0 saturated carbocycles. The molecular weight excluding hydrogens is 400 g/mol. The summed E-state index contributed by atoms with van der Waals surface area (Å²) >= 11 is 0. The van der Waals surface area contributed by atoms with E-state index in [1.54, 1.807) is 24.3 Å². The monoisotopic (exact) mass is 424 g/mol. The third-order valence-electron chi connectivity index (χ3n) is 4.11. The highest BCUT2D eigenvalue weighted by Gasteiger charge is 2.33. The summed E-state index contributed by atoms with van der Waals surface area (Å²) in [5, 5.41) is 8.50. The van der Waals surface area contributed by atoms with Gasteiger partial charge in [-0.3, -0.25) is 4.79 Å². The second-order valence-corrected chi connectivity index (χ2v) is 6.41. The zero-order chi connectivity index (χ0) is 22.1. The Bertz CT molecular complexity index is 897. The fraction of sp³-hybridized carbons (Fsp3) is 0.333. The number of carbonyl (C=O) groups is 1. The van der Waals surface area contributed by atoms with Crippen molar-refractivity contribution in [2.24, 2.45) is 4.99 Å². The molecule has 0 fully saturated rings. The maximum absolute atomic E-state index is 13.3. The Kier molecular flexibility index (Phi) is 8.20. The van der Waals surface area contributed by atoms with Crippen molar-refractivity contribution >= 4 is 11.9 Å². The third-order valence-corrected chi connectivity index (χ3v) is 4.11. The first-order valence-electron chi connectivity index (χ1n) is 9.49. The standard InChI is InChI=1S/C21H24F4N4O/c1-3-26-19(30)15-7-5-6-14(10-15)12-28-20(27-4-2)29-13-16-8-9-17(22)11-18(16)21(23,24)25/h5-11H,3-4,12-13H2,1-2H3,(H,26,30)(H2,27,28,29). The summed E-state index contributed by atoms with van der Waals surface area (Å²) in [7, 11) is 0. The average Bonchev–Trinajstić information content (AvgIpc) is 2.70. The Hall–Kier alpha value is -3.10. The lowest BCUT2D eigenvalue weighted by molar-refractivity contribution is -0.138. The molecule has 0 aliphatic rings. The number of nitrogens with zero attached hydrogens (tertiary/aromatic N) is 1. The van der Waals surface area contributed by atoms with Crippen molar-refractivity contribution in [3.05, 3.63) is 70.5 Å². The smallest absolute Gasteiger partial charge is 0.357 e. The van der Waals surface area contributed by atoms with Crippen molar-refractivity contribution in [1.82, 2.24) is 16.0 Å². The number of guanidine groups is 1. The first-order chi connectivity index (χ1) is 14.2. The number of hydrogen-bond acceptors (Lipinski definition) is 2. The Morgan fingerprint density at radius 3 is 2.40 bits per heavy atom. The summed E-state index contributed by atoms with van der Waals surface area (Å²) in [6, 6.07) is 9.51. The number of rotatable bonds is 7. The van der Waals surface area contributed by atoms with Crippen molar-refractivity contribution in [2.45, 2.75) is 33.1 Å². The topological polar surface area (TPSA) is 65.5 Å². The molecule has 9 heteroatoms. The summed E-state index contributed by atoms with van der Waals surface area (Å²) in [5.74, 6) is -0.832. The Morgan fingerprint density at radius 2 is 1.73 bits per heavy atom. The zero-order valence-electron chi connectivity index (χ0n) is 16.7. The van der Waals surface area contributed by atoms with Gasteiger partial charge in [0.2, 0.25) is 0 Å². The van der Waals surface area contributed by atoms with Gasteiger partial charge in [0.1, 0.15) is 5.82 Å². The lowest BCUT2D eigenvalue weighted by Crippen LogP contribution is -2.37. The van der Waals surface area contributed by atoms with Crippen molar-refractivity contribution in [1.29, 1.82) is 0 Å². The Labute approximate surface area is 172 Å². The summed E-state index contributed by atoms with van der Waals surface area (Å²) < 4.78 is 52.7. The molecule has 162 valence electrons. The first-order valence-corrected chi connectivity index (χ1v) is 9.49. The minimum absolute atomic E-state index is 0.0901. The molecule has 1 amide bonds. The molecule has 0 bridgehead atoms. The highest BCUT2D eigenvalue weighted by molar-refractivity contribution is 5.94. The average molecular weight is 424 g/mol. The molecule has 3 N–H and O–H groups in total. The number of aliphatic imine (C=N–C) groups is 1. The van der Waals surface area contributed by atoms with Gasteiger partial charge in [0.25, 0.3) is 5.91 Å². The number of amides is 1. The minimum atomic E-state index is -4.66. The van der Waals surface area contributed by atoms with E-state index < -0.39 is 17.6 Å². The van der Waals surface area contributed by atoms with E-state index in [9.17, 15) is 22.4 Å². The maximum Gasteiger partial charge on any atom is 0.416 e. The molecule has 30 heavy (non-hydrogen) atoms. The van der Waals surface area contributed by atoms with Crippen molar-refractivity contribution in [3.63, 3.8) is 0 Å². The van der Waals surface area contributed by atoms with E-state index in [1.807, 2.05) is 13.8 Å². The van der Waals surface area contributed by atoms with E-state index in [1.165, 1.54) is 0 Å². The van der Waals surface area contributed by atoms with Crippen LogP contribution in [0.15, 0.2) is 47.5 Å². The highest BCUT2D eigenvalue weighted by atomic mass is 19.4. The normalized spacial score (nSPS) is 11.9. The molecule has 0 saturated heterocycles. The molecule has 2 rings (SSSR count). The predicted octanol–water partition coefficient (Wildman–Crippen LogP) is 3.85. The van der Waals surface area contributed by atoms with Crippen molar-refractivity contribution in [3.8, 4) is 0 Å². The maximum atomic E-state index is 13.3. The van der Waals surface area contributed by atoms with Crippen LogP contribution < -0.4 is 16.0 Å². The van der Waals surface area contributed by atoms with Gasteiger partial charge in [0.15, 0.2) is 5.96 Å². The van der Waals surface area contributed by atoms with Gasteiger partial charge in [0, 0.05) is 25.2 Å². The zero-order valence-corrected chi connectivity index (χ0v) is 16.7. The van der Waals surface area contributed by atoms with Gasteiger partial charge in [-0.25, -0.2) is 9.38 Å². The molecule has 2 aromatic rings. The second kappa shape index (κ2) is 10.6. The summed E-state index contributed by atoms with van der Waals surface area (Å²) in [6.45, 7) is 4.70. The summed E-state index contributed by atoms with van der Waals surface area (Å²) in [4.78, 5) is 16.3. The van der Waals surface area contributed by atoms with Crippen LogP contribution in [0.25, 0.3) is 0 Å². The van der Waals surface area contributed by atoms with Gasteiger partial charge in [-0.2, -0.15) is 13.2 Å². The van der Waals surface area contributed by atoms with E-state index in [-0.39, 0.29) is 24.6 Å². The van der Waals surface area contributed by atoms with Crippen LogP contribution in [-0.2, 0) is 19.3 Å². The largest absolute Gasteiger partial charge is 0.416 e. The van der Waals surface area contributed by atoms with Gasteiger partial charge in [0.05, 0.1) is 12.1 Å². The summed E-state index contributed by atoms with van der Waals surface area (Å²) in [6.07, 6.45) is -4.66. The quantitative estimate of drug-likeness (QED) is 0.359. The van der Waals surface area contributed by atoms with Crippen LogP contribution in [0.4, 0.5) is 17.6 Å². The van der Waals surface area contributed by atoms with Crippen LogP contribution >= 0.6 is 0 Å². The Morgan fingerprint density at radius 1 is 1.00 bits per heavy atom. The fourth-order valence-corrected chi connectivity index (χ4v) is 2.73. The molecule has 0 radical (unpaired) electrons. The lowest BCUT2D eigenvalue weighted by Gasteiger charge is -2.16. The highest BCUT2D eigenvalue weighted by Crippen LogP contribution is 2.32. The first kappa shape index (κ1) is 23.2. The molecule has 2 aromatic carbocycles. The molecular formula is C21H24F4N4O. The van der Waals surface area contributed by atoms with Crippen LogP contribution in [0.1, 0.15) is 40.9 Å². The minimum Gasteiger partial charge on any atom is -0.357 e. The van der Waals surface area contributed by atoms with E-state index in [4.69, 9.17) is 0 Å². The third kappa shape index (κ3) is 6.75. The molecule has 0 aromatic heterocycles. The fourth-order valence-electron chi connectivity index (χ4n) is 2.73. The summed E-state index contributed by atoms with van der Waals surface area (Å²) in [5.41, 5.74) is 0.158. The van der Waals surface area contributed by atoms with Crippen LogP contribution in [-0.4, -0.2) is 25.0 Å². The number of nitrogens with one attached hydrogen (secondary N) is 3. The van der Waals surface area contributed by atoms with Gasteiger partial charge < -0.3 is 16.0 Å². The number of hydrogen-bond donors (Lipinski definition) is 3. The Balaban J connectivity index is 2.13. The lowest BCUT2D eigenvalue weighted by atomic mass is 10.1. The number of benzene rings is 2. The number of halogens is 4. The van der Waals surface area contributed by atoms with E-state index in [0.717, 1.165) is 17.7 Å². The van der Waals surface area contributed by atoms with E-state index >= 15 is 0 Å². The van der Waals surface area contributed by atoms with Crippen LogP contribution in [0.5, 0.6) is 0 Å². The molecule has 5 nitrogen and oxygen atoms in total. The van der Waals surface area contributed by atoms with Crippen LogP contribution in [0, 0.1) is 5.82 Å².